The van der Waals surface area contributed by atoms with Crippen molar-refractivity contribution < 1.29 is 14.4 Å². The Bertz CT molecular complexity index is 568. The van der Waals surface area contributed by atoms with Crippen LogP contribution in [0.1, 0.15) is 25.7 Å². The third-order valence-corrected chi connectivity index (χ3v) is 3.71. The van der Waals surface area contributed by atoms with Crippen LogP contribution in [-0.2, 0) is 20.9 Å². The van der Waals surface area contributed by atoms with Crippen molar-refractivity contribution in [3.63, 3.8) is 0 Å². The first-order chi connectivity index (χ1) is 10.1. The van der Waals surface area contributed by atoms with Gasteiger partial charge in [-0.25, -0.2) is 4.68 Å². The van der Waals surface area contributed by atoms with Crippen LogP contribution in [0.3, 0.4) is 0 Å². The predicted molar refractivity (Wildman–Crippen MR) is 72.2 cm³/mol. The Morgan fingerprint density at radius 1 is 1.29 bits per heavy atom. The number of carbonyl (C=O) groups is 3. The molecule has 1 aromatic heterocycles. The van der Waals surface area contributed by atoms with Crippen LogP contribution in [-0.4, -0.2) is 50.6 Å². The van der Waals surface area contributed by atoms with Gasteiger partial charge in [-0.05, 0) is 12.8 Å². The molecule has 2 aliphatic rings. The third kappa shape index (κ3) is 3.45. The van der Waals surface area contributed by atoms with Crippen LogP contribution in [0.2, 0.25) is 0 Å². The molecular formula is C13H17N5O3. The Labute approximate surface area is 121 Å². The highest BCUT2D eigenvalue weighted by Gasteiger charge is 2.30. The van der Waals surface area contributed by atoms with Crippen molar-refractivity contribution in [2.45, 2.75) is 32.2 Å². The zero-order valence-corrected chi connectivity index (χ0v) is 11.6. The highest BCUT2D eigenvalue weighted by Crippen LogP contribution is 2.29. The van der Waals surface area contributed by atoms with Gasteiger partial charge in [-0.3, -0.25) is 14.4 Å². The van der Waals surface area contributed by atoms with E-state index in [0.717, 1.165) is 12.8 Å². The number of hydrogen-bond acceptors (Lipinski definition) is 5. The standard InChI is InChI=1S/C13H17N5O3/c19-10-3-5-17(6-4-10)12(20)8-18-7-11(15-16-18)14-13(21)9-1-2-9/h7,9H,1-6,8H2,(H,14,21). The molecule has 1 aromatic rings. The van der Waals surface area contributed by atoms with E-state index in [0.29, 0.717) is 31.7 Å². The third-order valence-electron chi connectivity index (χ3n) is 3.71. The molecule has 0 bridgehead atoms. The smallest absolute Gasteiger partial charge is 0.244 e. The van der Waals surface area contributed by atoms with Gasteiger partial charge in [-0.2, -0.15) is 0 Å². The molecule has 0 aromatic carbocycles. The highest BCUT2D eigenvalue weighted by atomic mass is 16.2. The average Bonchev–Trinajstić information content (AvgIpc) is 3.23. The summed E-state index contributed by atoms with van der Waals surface area (Å²) in [6.45, 7) is 1.01. The first kappa shape index (κ1) is 13.7. The zero-order valence-electron chi connectivity index (χ0n) is 11.6. The quantitative estimate of drug-likeness (QED) is 0.830. The summed E-state index contributed by atoms with van der Waals surface area (Å²) in [5.74, 6) is 0.538. The summed E-state index contributed by atoms with van der Waals surface area (Å²) >= 11 is 0. The summed E-state index contributed by atoms with van der Waals surface area (Å²) in [4.78, 5) is 36.5. The summed E-state index contributed by atoms with van der Waals surface area (Å²) < 4.78 is 1.40. The molecule has 21 heavy (non-hydrogen) atoms. The van der Waals surface area contributed by atoms with Gasteiger partial charge in [0, 0.05) is 31.8 Å². The van der Waals surface area contributed by atoms with Crippen LogP contribution in [0.15, 0.2) is 6.20 Å². The predicted octanol–water partition coefficient (Wildman–Crippen LogP) is -0.182. The number of anilines is 1. The molecule has 0 atom stereocenters. The van der Waals surface area contributed by atoms with E-state index in [1.165, 1.54) is 4.68 Å². The van der Waals surface area contributed by atoms with E-state index < -0.39 is 0 Å². The largest absolute Gasteiger partial charge is 0.340 e. The molecule has 1 saturated heterocycles. The Hall–Kier alpha value is -2.25. The molecule has 1 aliphatic carbocycles. The molecule has 0 spiro atoms. The van der Waals surface area contributed by atoms with Crippen molar-refractivity contribution >= 4 is 23.4 Å². The van der Waals surface area contributed by atoms with Crippen molar-refractivity contribution in [2.75, 3.05) is 18.4 Å². The Morgan fingerprint density at radius 3 is 2.67 bits per heavy atom. The molecule has 2 amide bonds. The minimum atomic E-state index is -0.0903. The number of nitrogens with zero attached hydrogens (tertiary/aromatic N) is 4. The van der Waals surface area contributed by atoms with Crippen molar-refractivity contribution in [3.05, 3.63) is 6.20 Å². The fraction of sp³-hybridized carbons (Fsp3) is 0.615. The molecule has 1 aliphatic heterocycles. The second-order valence-electron chi connectivity index (χ2n) is 5.48. The molecule has 1 N–H and O–H groups in total. The number of Topliss-reactive ketones (excluding diaryl/α,β-unsaturated/α-hetero) is 1. The highest BCUT2D eigenvalue weighted by molar-refractivity contribution is 5.93. The fourth-order valence-corrected chi connectivity index (χ4v) is 2.25. The van der Waals surface area contributed by atoms with Crippen LogP contribution >= 0.6 is 0 Å². The van der Waals surface area contributed by atoms with E-state index in [9.17, 15) is 14.4 Å². The summed E-state index contributed by atoms with van der Waals surface area (Å²) in [6, 6.07) is 0. The molecule has 8 heteroatoms. The van der Waals surface area contributed by atoms with Gasteiger partial charge >= 0.3 is 0 Å². The van der Waals surface area contributed by atoms with E-state index in [4.69, 9.17) is 0 Å². The van der Waals surface area contributed by atoms with Gasteiger partial charge < -0.3 is 10.2 Å². The van der Waals surface area contributed by atoms with Crippen LogP contribution in [0.5, 0.6) is 0 Å². The number of rotatable bonds is 4. The SMILES string of the molecule is O=C1CCN(C(=O)Cn2cc(NC(=O)C3CC3)nn2)CC1. The number of likely N-dealkylation sites (tertiary alicyclic amines) is 1. The van der Waals surface area contributed by atoms with Gasteiger partial charge in [0.05, 0.1) is 6.20 Å². The number of nitrogens with one attached hydrogen (secondary N) is 1. The molecule has 2 fully saturated rings. The van der Waals surface area contributed by atoms with Gasteiger partial charge in [-0.1, -0.05) is 5.21 Å². The fourth-order valence-electron chi connectivity index (χ4n) is 2.25. The maximum Gasteiger partial charge on any atom is 0.244 e. The van der Waals surface area contributed by atoms with E-state index in [1.54, 1.807) is 11.1 Å². The molecular weight excluding hydrogens is 274 g/mol. The van der Waals surface area contributed by atoms with Gasteiger partial charge in [-0.15, -0.1) is 5.10 Å². The molecule has 1 saturated carbocycles. The van der Waals surface area contributed by atoms with Gasteiger partial charge in [0.2, 0.25) is 11.8 Å². The van der Waals surface area contributed by atoms with Crippen molar-refractivity contribution in [3.8, 4) is 0 Å². The summed E-state index contributed by atoms with van der Waals surface area (Å²) in [5.41, 5.74) is 0. The van der Waals surface area contributed by atoms with Crippen molar-refractivity contribution in [1.29, 1.82) is 0 Å². The second kappa shape index (κ2) is 5.63. The molecule has 2 heterocycles. The van der Waals surface area contributed by atoms with Crippen LogP contribution in [0.25, 0.3) is 0 Å². The maximum absolute atomic E-state index is 12.1. The lowest BCUT2D eigenvalue weighted by Gasteiger charge is -2.25. The molecule has 0 radical (unpaired) electrons. The monoisotopic (exact) mass is 291 g/mol. The number of piperidine rings is 1. The minimum absolute atomic E-state index is 0.0390. The molecule has 3 rings (SSSR count). The van der Waals surface area contributed by atoms with E-state index in [1.807, 2.05) is 0 Å². The number of aromatic nitrogens is 3. The number of amides is 2. The van der Waals surface area contributed by atoms with Gasteiger partial charge in [0.25, 0.3) is 0 Å². The van der Waals surface area contributed by atoms with Gasteiger partial charge in [0.1, 0.15) is 12.3 Å². The van der Waals surface area contributed by atoms with E-state index >= 15 is 0 Å². The Morgan fingerprint density at radius 2 is 2.00 bits per heavy atom. The lowest BCUT2D eigenvalue weighted by molar-refractivity contribution is -0.135. The number of carbonyl (C=O) groups excluding carboxylic acids is 3. The topological polar surface area (TPSA) is 97.2 Å². The number of hydrogen-bond donors (Lipinski definition) is 1. The number of ketones is 1. The van der Waals surface area contributed by atoms with E-state index in [2.05, 4.69) is 15.6 Å². The van der Waals surface area contributed by atoms with Crippen molar-refractivity contribution in [2.24, 2.45) is 5.92 Å². The molecule has 8 nitrogen and oxygen atoms in total. The lowest BCUT2D eigenvalue weighted by atomic mass is 10.1. The average molecular weight is 291 g/mol. The van der Waals surface area contributed by atoms with Gasteiger partial charge in [0.15, 0.2) is 5.82 Å². The molecule has 0 unspecified atom stereocenters. The van der Waals surface area contributed by atoms with Crippen LogP contribution < -0.4 is 5.32 Å². The van der Waals surface area contributed by atoms with Crippen molar-refractivity contribution in [1.82, 2.24) is 19.9 Å². The minimum Gasteiger partial charge on any atom is -0.340 e. The normalized spacial score (nSPS) is 18.7. The Kier molecular flexibility index (Phi) is 3.68. The second-order valence-corrected chi connectivity index (χ2v) is 5.48. The zero-order chi connectivity index (χ0) is 14.8. The lowest BCUT2D eigenvalue weighted by Crippen LogP contribution is -2.40. The molecule has 112 valence electrons. The van der Waals surface area contributed by atoms with Crippen LogP contribution in [0.4, 0.5) is 5.82 Å². The maximum atomic E-state index is 12.1. The Balaban J connectivity index is 1.52. The summed E-state index contributed by atoms with van der Waals surface area (Å²) in [7, 11) is 0. The first-order valence-electron chi connectivity index (χ1n) is 7.12. The summed E-state index contributed by atoms with van der Waals surface area (Å²) in [6.07, 6.45) is 4.24. The first-order valence-corrected chi connectivity index (χ1v) is 7.12. The van der Waals surface area contributed by atoms with Crippen LogP contribution in [0, 0.1) is 5.92 Å². The summed E-state index contributed by atoms with van der Waals surface area (Å²) in [5, 5.41) is 10.3. The van der Waals surface area contributed by atoms with E-state index in [-0.39, 0.29) is 30.1 Å².